The average Bonchev–Trinajstić information content (AvgIpc) is 3.23. The van der Waals surface area contributed by atoms with Crippen molar-refractivity contribution in [3.05, 3.63) is 65.2 Å². The van der Waals surface area contributed by atoms with Crippen molar-refractivity contribution in [1.29, 1.82) is 0 Å². The minimum Gasteiger partial charge on any atom is -0.343 e. The van der Waals surface area contributed by atoms with Crippen LogP contribution >= 0.6 is 0 Å². The second-order valence-electron chi connectivity index (χ2n) is 7.44. The van der Waals surface area contributed by atoms with Crippen LogP contribution in [0.2, 0.25) is 0 Å². The van der Waals surface area contributed by atoms with Gasteiger partial charge in [-0.25, -0.2) is 0 Å². The molecule has 28 heavy (non-hydrogen) atoms. The summed E-state index contributed by atoms with van der Waals surface area (Å²) in [4.78, 5) is 27.2. The molecule has 2 amide bonds. The molecule has 2 aromatic carbocycles. The molecule has 0 saturated carbocycles. The van der Waals surface area contributed by atoms with E-state index in [2.05, 4.69) is 10.6 Å². The van der Waals surface area contributed by atoms with E-state index in [1.807, 2.05) is 67.3 Å². The number of benzene rings is 2. The van der Waals surface area contributed by atoms with E-state index in [1.165, 1.54) is 0 Å². The molecule has 0 spiro atoms. The van der Waals surface area contributed by atoms with E-state index < -0.39 is 6.04 Å². The summed E-state index contributed by atoms with van der Waals surface area (Å²) in [6.07, 6.45) is 2.58. The van der Waals surface area contributed by atoms with Crippen molar-refractivity contribution in [3.63, 3.8) is 0 Å². The molecule has 1 fully saturated rings. The third-order valence-electron chi connectivity index (χ3n) is 5.19. The van der Waals surface area contributed by atoms with E-state index in [-0.39, 0.29) is 11.8 Å². The summed E-state index contributed by atoms with van der Waals surface area (Å²) in [5, 5.41) is 6.33. The van der Waals surface area contributed by atoms with Gasteiger partial charge in [-0.05, 0) is 49.4 Å². The standard InChI is InChI=1S/C23H29N3O2/c1-17-10-11-18(2)20(16-17)25-23(28)22(19-8-4-3-5-9-19)24-13-12-21(27)26-14-6-7-15-26/h3-5,8-11,16,22,24H,6-7,12-15H2,1-2H3,(H,25,28). The van der Waals surface area contributed by atoms with Crippen LogP contribution in [0.3, 0.4) is 0 Å². The lowest BCUT2D eigenvalue weighted by molar-refractivity contribution is -0.130. The summed E-state index contributed by atoms with van der Waals surface area (Å²) >= 11 is 0. The van der Waals surface area contributed by atoms with Crippen LogP contribution in [-0.2, 0) is 9.59 Å². The molecule has 1 heterocycles. The van der Waals surface area contributed by atoms with Gasteiger partial charge in [-0.1, -0.05) is 42.5 Å². The smallest absolute Gasteiger partial charge is 0.246 e. The number of rotatable bonds is 7. The summed E-state index contributed by atoms with van der Waals surface area (Å²) in [6.45, 7) is 6.16. The van der Waals surface area contributed by atoms with Crippen LogP contribution in [0.25, 0.3) is 0 Å². The summed E-state index contributed by atoms with van der Waals surface area (Å²) in [7, 11) is 0. The predicted molar refractivity (Wildman–Crippen MR) is 112 cm³/mol. The van der Waals surface area contributed by atoms with E-state index in [4.69, 9.17) is 0 Å². The fourth-order valence-corrected chi connectivity index (χ4v) is 3.53. The molecule has 2 N–H and O–H groups in total. The number of likely N-dealkylation sites (tertiary alicyclic amines) is 1. The van der Waals surface area contributed by atoms with Crippen LogP contribution < -0.4 is 10.6 Å². The summed E-state index contributed by atoms with van der Waals surface area (Å²) < 4.78 is 0. The van der Waals surface area contributed by atoms with E-state index >= 15 is 0 Å². The quantitative estimate of drug-likeness (QED) is 0.773. The third-order valence-corrected chi connectivity index (χ3v) is 5.19. The molecule has 0 aromatic heterocycles. The van der Waals surface area contributed by atoms with Gasteiger partial charge in [-0.2, -0.15) is 0 Å². The second kappa shape index (κ2) is 9.51. The highest BCUT2D eigenvalue weighted by molar-refractivity contribution is 5.96. The maximum Gasteiger partial charge on any atom is 0.246 e. The Balaban J connectivity index is 1.67. The zero-order chi connectivity index (χ0) is 19.9. The normalized spacial score (nSPS) is 14.7. The number of hydrogen-bond donors (Lipinski definition) is 2. The lowest BCUT2D eigenvalue weighted by Gasteiger charge is -2.21. The molecular formula is C23H29N3O2. The molecule has 1 atom stereocenters. The zero-order valence-corrected chi connectivity index (χ0v) is 16.7. The molecule has 3 rings (SSSR count). The van der Waals surface area contributed by atoms with Gasteiger partial charge in [0.1, 0.15) is 6.04 Å². The Morgan fingerprint density at radius 2 is 1.75 bits per heavy atom. The molecule has 5 heteroatoms. The first-order valence-electron chi connectivity index (χ1n) is 9.99. The van der Waals surface area contributed by atoms with Gasteiger partial charge in [0.15, 0.2) is 0 Å². The molecule has 0 radical (unpaired) electrons. The molecule has 1 aliphatic heterocycles. The number of nitrogens with zero attached hydrogens (tertiary/aromatic N) is 1. The van der Waals surface area contributed by atoms with Crippen LogP contribution in [0.1, 0.15) is 42.0 Å². The Hall–Kier alpha value is -2.66. The lowest BCUT2D eigenvalue weighted by Crippen LogP contribution is -2.36. The molecule has 1 unspecified atom stereocenters. The second-order valence-corrected chi connectivity index (χ2v) is 7.44. The minimum atomic E-state index is -0.507. The average molecular weight is 380 g/mol. The number of amides is 2. The van der Waals surface area contributed by atoms with Crippen LogP contribution in [0.15, 0.2) is 48.5 Å². The Morgan fingerprint density at radius 1 is 1.04 bits per heavy atom. The van der Waals surface area contributed by atoms with Gasteiger partial charge >= 0.3 is 0 Å². The van der Waals surface area contributed by atoms with E-state index in [0.717, 1.165) is 48.3 Å². The molecule has 0 bridgehead atoms. The topological polar surface area (TPSA) is 61.4 Å². The van der Waals surface area contributed by atoms with Crippen LogP contribution in [-0.4, -0.2) is 36.3 Å². The van der Waals surface area contributed by atoms with Crippen molar-refractivity contribution >= 4 is 17.5 Å². The predicted octanol–water partition coefficient (Wildman–Crippen LogP) is 3.59. The largest absolute Gasteiger partial charge is 0.343 e. The zero-order valence-electron chi connectivity index (χ0n) is 16.7. The van der Waals surface area contributed by atoms with Crippen molar-refractivity contribution in [2.45, 2.75) is 39.2 Å². The molecule has 1 aliphatic rings. The van der Waals surface area contributed by atoms with Gasteiger partial charge in [0, 0.05) is 31.7 Å². The maximum atomic E-state index is 13.0. The van der Waals surface area contributed by atoms with Gasteiger partial charge < -0.3 is 15.5 Å². The van der Waals surface area contributed by atoms with Gasteiger partial charge in [0.05, 0.1) is 0 Å². The molecular weight excluding hydrogens is 350 g/mol. The van der Waals surface area contributed by atoms with Crippen molar-refractivity contribution < 1.29 is 9.59 Å². The van der Waals surface area contributed by atoms with E-state index in [1.54, 1.807) is 0 Å². The van der Waals surface area contributed by atoms with E-state index in [0.29, 0.717) is 13.0 Å². The fraction of sp³-hybridized carbons (Fsp3) is 0.391. The van der Waals surface area contributed by atoms with Crippen molar-refractivity contribution in [1.82, 2.24) is 10.2 Å². The molecule has 0 aliphatic carbocycles. The highest BCUT2D eigenvalue weighted by Crippen LogP contribution is 2.20. The van der Waals surface area contributed by atoms with Gasteiger partial charge in [-0.15, -0.1) is 0 Å². The Kier molecular flexibility index (Phi) is 6.82. The third kappa shape index (κ3) is 5.20. The molecule has 1 saturated heterocycles. The summed E-state index contributed by atoms with van der Waals surface area (Å²) in [6, 6.07) is 15.1. The van der Waals surface area contributed by atoms with Gasteiger partial charge in [0.25, 0.3) is 0 Å². The fourth-order valence-electron chi connectivity index (χ4n) is 3.53. The summed E-state index contributed by atoms with van der Waals surface area (Å²) in [5.74, 6) is 0.0419. The number of hydrogen-bond acceptors (Lipinski definition) is 3. The molecule has 148 valence electrons. The molecule has 5 nitrogen and oxygen atoms in total. The molecule has 2 aromatic rings. The van der Waals surface area contributed by atoms with Crippen molar-refractivity contribution in [2.75, 3.05) is 25.0 Å². The SMILES string of the molecule is Cc1ccc(C)c(NC(=O)C(NCCC(=O)N2CCCC2)c2ccccc2)c1. The monoisotopic (exact) mass is 379 g/mol. The van der Waals surface area contributed by atoms with Crippen LogP contribution in [0.5, 0.6) is 0 Å². The lowest BCUT2D eigenvalue weighted by atomic mass is 10.0. The number of carbonyl (C=O) groups excluding carboxylic acids is 2. The van der Waals surface area contributed by atoms with Crippen LogP contribution in [0.4, 0.5) is 5.69 Å². The first-order valence-corrected chi connectivity index (χ1v) is 9.99. The maximum absolute atomic E-state index is 13.0. The number of anilines is 1. The van der Waals surface area contributed by atoms with Crippen molar-refractivity contribution in [2.24, 2.45) is 0 Å². The summed E-state index contributed by atoms with van der Waals surface area (Å²) in [5.41, 5.74) is 3.83. The highest BCUT2D eigenvalue weighted by atomic mass is 16.2. The Labute approximate surface area is 167 Å². The minimum absolute atomic E-state index is 0.117. The van der Waals surface area contributed by atoms with Crippen LogP contribution in [0, 0.1) is 13.8 Å². The Bertz CT molecular complexity index is 814. The Morgan fingerprint density at radius 3 is 2.46 bits per heavy atom. The number of carbonyl (C=O) groups is 2. The number of aryl methyl sites for hydroxylation is 2. The highest BCUT2D eigenvalue weighted by Gasteiger charge is 2.22. The van der Waals surface area contributed by atoms with Gasteiger partial charge in [-0.3, -0.25) is 9.59 Å². The van der Waals surface area contributed by atoms with E-state index in [9.17, 15) is 9.59 Å². The first kappa shape index (κ1) is 20.1. The first-order chi connectivity index (χ1) is 13.5. The van der Waals surface area contributed by atoms with Gasteiger partial charge in [0.2, 0.25) is 11.8 Å². The van der Waals surface area contributed by atoms with Crippen molar-refractivity contribution in [3.8, 4) is 0 Å². The number of nitrogens with one attached hydrogen (secondary N) is 2.